The van der Waals surface area contributed by atoms with E-state index in [9.17, 15) is 4.79 Å². The van der Waals surface area contributed by atoms with E-state index >= 15 is 0 Å². The Morgan fingerprint density at radius 2 is 2.10 bits per heavy atom. The van der Waals surface area contributed by atoms with E-state index in [0.717, 1.165) is 12.8 Å². The normalized spacial score (nSPS) is 11.7. The Morgan fingerprint density at radius 1 is 1.38 bits per heavy atom. The van der Waals surface area contributed by atoms with Gasteiger partial charge in [-0.3, -0.25) is 9.78 Å². The average Bonchev–Trinajstić information content (AvgIpc) is 2.49. The number of nitrogens with one attached hydrogen (secondary N) is 1. The van der Waals surface area contributed by atoms with Gasteiger partial charge in [-0.05, 0) is 18.9 Å². The van der Waals surface area contributed by atoms with Crippen molar-refractivity contribution in [3.8, 4) is 11.8 Å². The smallest absolute Gasteiger partial charge is 0.253 e. The van der Waals surface area contributed by atoms with Crippen LogP contribution >= 0.6 is 0 Å². The number of amides is 1. The lowest BCUT2D eigenvalue weighted by molar-refractivity contribution is 0.0925. The summed E-state index contributed by atoms with van der Waals surface area (Å²) in [5, 5.41) is 11.7. The minimum atomic E-state index is -0.118. The van der Waals surface area contributed by atoms with Crippen LogP contribution in [0.3, 0.4) is 0 Å². The van der Waals surface area contributed by atoms with Crippen LogP contribution in [0.25, 0.3) is 0 Å². The average molecular weight is 288 g/mol. The molecule has 0 aliphatic carbocycles. The van der Waals surface area contributed by atoms with Gasteiger partial charge in [-0.2, -0.15) is 0 Å². The van der Waals surface area contributed by atoms with Crippen LogP contribution in [0, 0.1) is 17.8 Å². The molecule has 0 spiro atoms. The second-order valence-electron chi connectivity index (χ2n) is 5.08. The fraction of sp³-hybridized carbons (Fsp3) is 0.529. The third-order valence-corrected chi connectivity index (χ3v) is 3.58. The molecule has 0 aliphatic heterocycles. The predicted octanol–water partition coefficient (Wildman–Crippen LogP) is 2.37. The molecule has 0 fully saturated rings. The van der Waals surface area contributed by atoms with Gasteiger partial charge in [0.1, 0.15) is 0 Å². The first-order chi connectivity index (χ1) is 10.1. The van der Waals surface area contributed by atoms with Crippen molar-refractivity contribution < 1.29 is 9.90 Å². The highest BCUT2D eigenvalue weighted by atomic mass is 16.2. The minimum absolute atomic E-state index is 0.0353. The maximum Gasteiger partial charge on any atom is 0.253 e. The van der Waals surface area contributed by atoms with E-state index in [-0.39, 0.29) is 18.6 Å². The first-order valence-corrected chi connectivity index (χ1v) is 7.48. The van der Waals surface area contributed by atoms with Crippen molar-refractivity contribution in [1.82, 2.24) is 10.3 Å². The highest BCUT2D eigenvalue weighted by Crippen LogP contribution is 2.13. The molecule has 0 aromatic carbocycles. The molecule has 1 atom stereocenters. The molecule has 21 heavy (non-hydrogen) atoms. The van der Waals surface area contributed by atoms with E-state index in [1.807, 2.05) is 6.92 Å². The summed E-state index contributed by atoms with van der Waals surface area (Å²) in [7, 11) is 0. The molecule has 4 heteroatoms. The lowest BCUT2D eigenvalue weighted by Crippen LogP contribution is -2.37. The van der Waals surface area contributed by atoms with E-state index in [1.165, 1.54) is 0 Å². The van der Waals surface area contributed by atoms with Gasteiger partial charge in [0.15, 0.2) is 0 Å². The summed E-state index contributed by atoms with van der Waals surface area (Å²) < 4.78 is 0. The van der Waals surface area contributed by atoms with Crippen LogP contribution in [0.1, 0.15) is 56.0 Å². The minimum Gasteiger partial charge on any atom is -0.395 e. The summed E-state index contributed by atoms with van der Waals surface area (Å²) in [6.45, 7) is 6.34. The number of pyridine rings is 1. The summed E-state index contributed by atoms with van der Waals surface area (Å²) >= 11 is 0. The Bertz CT molecular complexity index is 513. The molecule has 0 radical (unpaired) electrons. The summed E-state index contributed by atoms with van der Waals surface area (Å²) in [6, 6.07) is 1.86. The molecule has 0 aliphatic rings. The largest absolute Gasteiger partial charge is 0.395 e. The maximum absolute atomic E-state index is 12.2. The van der Waals surface area contributed by atoms with Crippen molar-refractivity contribution in [2.75, 3.05) is 6.61 Å². The Hall–Kier alpha value is -1.86. The Balaban J connectivity index is 2.75. The number of rotatable bonds is 6. The number of carbonyl (C=O) groups is 1. The predicted molar refractivity (Wildman–Crippen MR) is 83.8 cm³/mol. The third-order valence-electron chi connectivity index (χ3n) is 3.58. The fourth-order valence-corrected chi connectivity index (χ4v) is 2.26. The monoisotopic (exact) mass is 288 g/mol. The molecule has 1 amide bonds. The number of aliphatic hydroxyl groups excluding tert-OH is 1. The zero-order valence-electron chi connectivity index (χ0n) is 13.0. The Labute approximate surface area is 127 Å². The standard InChI is InChI=1S/C17H24N2O2/c1-4-15(5-2)13(3)19-17(21)16-10-14(11-18-12-16)8-6-7-9-20/h10-13,15,20H,4-5,7,9H2,1-3H3,(H,19,21). The van der Waals surface area contributed by atoms with Crippen LogP contribution in [-0.2, 0) is 0 Å². The summed E-state index contributed by atoms with van der Waals surface area (Å²) in [5.41, 5.74) is 1.20. The van der Waals surface area contributed by atoms with E-state index in [4.69, 9.17) is 5.11 Å². The van der Waals surface area contributed by atoms with Crippen molar-refractivity contribution in [2.45, 2.75) is 46.1 Å². The van der Waals surface area contributed by atoms with Gasteiger partial charge in [-0.25, -0.2) is 0 Å². The van der Waals surface area contributed by atoms with Gasteiger partial charge in [-0.15, -0.1) is 0 Å². The second-order valence-corrected chi connectivity index (χ2v) is 5.08. The zero-order chi connectivity index (χ0) is 15.7. The zero-order valence-corrected chi connectivity index (χ0v) is 13.0. The molecule has 2 N–H and O–H groups in total. The number of aromatic nitrogens is 1. The lowest BCUT2D eigenvalue weighted by atomic mass is 9.95. The van der Waals surface area contributed by atoms with Crippen molar-refractivity contribution >= 4 is 5.91 Å². The third kappa shape index (κ3) is 5.57. The second kappa shape index (κ2) is 9.15. The van der Waals surface area contributed by atoms with Crippen LogP contribution in [0.4, 0.5) is 0 Å². The molecule has 4 nitrogen and oxygen atoms in total. The van der Waals surface area contributed by atoms with Crippen LogP contribution in [-0.4, -0.2) is 28.6 Å². The fourth-order valence-electron chi connectivity index (χ4n) is 2.26. The van der Waals surface area contributed by atoms with Gasteiger partial charge in [0.2, 0.25) is 0 Å². The van der Waals surface area contributed by atoms with Crippen LogP contribution in [0.2, 0.25) is 0 Å². The Kier molecular flexibility index (Phi) is 7.49. The van der Waals surface area contributed by atoms with Gasteiger partial charge >= 0.3 is 0 Å². The maximum atomic E-state index is 12.2. The molecule has 0 saturated heterocycles. The van der Waals surface area contributed by atoms with Gasteiger partial charge in [0, 0.05) is 30.4 Å². The number of hydrogen-bond acceptors (Lipinski definition) is 3. The quantitative estimate of drug-likeness (QED) is 0.790. The number of aliphatic hydroxyl groups is 1. The van der Waals surface area contributed by atoms with Gasteiger partial charge in [0.25, 0.3) is 5.91 Å². The van der Waals surface area contributed by atoms with E-state index in [1.54, 1.807) is 18.5 Å². The highest BCUT2D eigenvalue weighted by molar-refractivity contribution is 5.94. The molecule has 0 saturated carbocycles. The van der Waals surface area contributed by atoms with Crippen molar-refractivity contribution in [2.24, 2.45) is 5.92 Å². The summed E-state index contributed by atoms with van der Waals surface area (Å²) in [4.78, 5) is 16.3. The number of hydrogen-bond donors (Lipinski definition) is 2. The molecule has 1 aromatic heterocycles. The molecule has 114 valence electrons. The Morgan fingerprint density at radius 3 is 2.71 bits per heavy atom. The van der Waals surface area contributed by atoms with E-state index in [2.05, 4.69) is 36.0 Å². The van der Waals surface area contributed by atoms with Gasteiger partial charge in [-0.1, -0.05) is 38.5 Å². The molecule has 1 unspecified atom stereocenters. The van der Waals surface area contributed by atoms with Crippen molar-refractivity contribution in [1.29, 1.82) is 0 Å². The summed E-state index contributed by atoms with van der Waals surface area (Å²) in [6.07, 6.45) is 5.67. The number of carbonyl (C=O) groups excluding carboxylic acids is 1. The SMILES string of the molecule is CCC(CC)C(C)NC(=O)c1cncc(C#CCCO)c1. The lowest BCUT2D eigenvalue weighted by Gasteiger charge is -2.22. The first kappa shape index (κ1) is 17.2. The molecule has 1 aromatic rings. The highest BCUT2D eigenvalue weighted by Gasteiger charge is 2.16. The van der Waals surface area contributed by atoms with Crippen molar-refractivity contribution in [3.63, 3.8) is 0 Å². The molecule has 0 bridgehead atoms. The van der Waals surface area contributed by atoms with Crippen LogP contribution in [0.15, 0.2) is 18.5 Å². The van der Waals surface area contributed by atoms with E-state index < -0.39 is 0 Å². The van der Waals surface area contributed by atoms with Gasteiger partial charge < -0.3 is 10.4 Å². The molecular formula is C17H24N2O2. The number of nitrogens with zero attached hydrogens (tertiary/aromatic N) is 1. The van der Waals surface area contributed by atoms with Crippen molar-refractivity contribution in [3.05, 3.63) is 29.6 Å². The molecule has 1 heterocycles. The van der Waals surface area contributed by atoms with Crippen LogP contribution in [0.5, 0.6) is 0 Å². The molecule has 1 rings (SSSR count). The first-order valence-electron chi connectivity index (χ1n) is 7.48. The topological polar surface area (TPSA) is 62.2 Å². The van der Waals surface area contributed by atoms with E-state index in [0.29, 0.717) is 23.5 Å². The van der Waals surface area contributed by atoms with Crippen LogP contribution < -0.4 is 5.32 Å². The molecular weight excluding hydrogens is 264 g/mol. The summed E-state index contributed by atoms with van der Waals surface area (Å²) in [5.74, 6) is 6.07. The van der Waals surface area contributed by atoms with Gasteiger partial charge in [0.05, 0.1) is 12.2 Å².